The summed E-state index contributed by atoms with van der Waals surface area (Å²) in [5.41, 5.74) is 5.03. The number of nitrogens with zero attached hydrogens (tertiary/aromatic N) is 6. The Kier molecular flexibility index (Phi) is 5.42. The number of aromatic nitrogens is 4. The Morgan fingerprint density at radius 3 is 2.79 bits per heavy atom. The lowest BCUT2D eigenvalue weighted by molar-refractivity contribution is 0.126. The van der Waals surface area contributed by atoms with E-state index in [1.807, 2.05) is 36.5 Å². The minimum Gasteiger partial charge on any atom is -0.440 e. The molecule has 6 rings (SSSR count). The number of anilines is 1. The number of hydrogen-bond donors (Lipinski definition) is 1. The van der Waals surface area contributed by atoms with Crippen LogP contribution in [0.2, 0.25) is 0 Å². The molecular formula is C26H31N7O. The lowest BCUT2D eigenvalue weighted by Gasteiger charge is -2.48. The maximum absolute atomic E-state index is 5.93. The molecule has 2 saturated heterocycles. The van der Waals surface area contributed by atoms with Crippen molar-refractivity contribution in [1.82, 2.24) is 30.2 Å². The van der Waals surface area contributed by atoms with Crippen LogP contribution in [-0.2, 0) is 0 Å². The van der Waals surface area contributed by atoms with Crippen molar-refractivity contribution in [2.24, 2.45) is 0 Å². The first kappa shape index (κ1) is 21.4. The molecule has 34 heavy (non-hydrogen) atoms. The van der Waals surface area contributed by atoms with Crippen LogP contribution in [0.5, 0.6) is 0 Å². The van der Waals surface area contributed by atoms with E-state index >= 15 is 0 Å². The van der Waals surface area contributed by atoms with E-state index in [2.05, 4.69) is 40.9 Å². The molecule has 2 atom stereocenters. The summed E-state index contributed by atoms with van der Waals surface area (Å²) in [6, 6.07) is 11.2. The van der Waals surface area contributed by atoms with Gasteiger partial charge in [-0.1, -0.05) is 13.8 Å². The van der Waals surface area contributed by atoms with E-state index in [1.54, 1.807) is 0 Å². The number of hydrogen-bond acceptors (Lipinski definition) is 8. The van der Waals surface area contributed by atoms with Crippen LogP contribution in [0.25, 0.3) is 33.5 Å². The minimum absolute atomic E-state index is 0.305. The van der Waals surface area contributed by atoms with E-state index in [0.29, 0.717) is 23.6 Å². The lowest BCUT2D eigenvalue weighted by atomic mass is 10.1. The third-order valence-electron chi connectivity index (χ3n) is 7.23. The van der Waals surface area contributed by atoms with Crippen LogP contribution in [0.15, 0.2) is 40.9 Å². The highest BCUT2D eigenvalue weighted by molar-refractivity contribution is 5.82. The quantitative estimate of drug-likeness (QED) is 0.484. The highest BCUT2D eigenvalue weighted by Crippen LogP contribution is 2.29. The van der Waals surface area contributed by atoms with Crippen LogP contribution in [-0.4, -0.2) is 69.6 Å². The molecular weight excluding hydrogens is 426 g/mol. The number of oxazole rings is 1. The largest absolute Gasteiger partial charge is 0.440 e. The highest BCUT2D eigenvalue weighted by atomic mass is 16.3. The topological polar surface area (TPSA) is 83.2 Å². The van der Waals surface area contributed by atoms with Gasteiger partial charge < -0.3 is 14.6 Å². The number of benzene rings is 1. The van der Waals surface area contributed by atoms with Gasteiger partial charge >= 0.3 is 0 Å². The first-order chi connectivity index (χ1) is 16.6. The van der Waals surface area contributed by atoms with Gasteiger partial charge in [0.05, 0.1) is 11.9 Å². The molecule has 1 N–H and O–H groups in total. The molecule has 2 aliphatic heterocycles. The third kappa shape index (κ3) is 3.91. The van der Waals surface area contributed by atoms with E-state index in [0.717, 1.165) is 78.7 Å². The van der Waals surface area contributed by atoms with Gasteiger partial charge in [-0.15, -0.1) is 0 Å². The van der Waals surface area contributed by atoms with Gasteiger partial charge in [-0.2, -0.15) is 0 Å². The molecule has 0 amide bonds. The SMILES string of the molecule is CCC(C)c1nc2cc(-c3ccc4ncc(N5CC(N6CCNC(C)C6)C5)nc4n3)ccc2o1. The van der Waals surface area contributed by atoms with Crippen molar-refractivity contribution in [2.75, 3.05) is 37.6 Å². The van der Waals surface area contributed by atoms with E-state index in [9.17, 15) is 0 Å². The lowest BCUT2D eigenvalue weighted by Crippen LogP contribution is -2.64. The zero-order chi connectivity index (χ0) is 23.2. The van der Waals surface area contributed by atoms with Crippen LogP contribution in [0.4, 0.5) is 5.82 Å². The number of pyridine rings is 1. The average molecular weight is 458 g/mol. The van der Waals surface area contributed by atoms with Gasteiger partial charge in [-0.3, -0.25) is 4.90 Å². The predicted molar refractivity (Wildman–Crippen MR) is 134 cm³/mol. The second-order valence-corrected chi connectivity index (χ2v) is 9.72. The van der Waals surface area contributed by atoms with E-state index in [1.165, 1.54) is 0 Å². The van der Waals surface area contributed by atoms with Crippen molar-refractivity contribution in [2.45, 2.75) is 45.2 Å². The minimum atomic E-state index is 0.305. The Balaban J connectivity index is 1.23. The van der Waals surface area contributed by atoms with Gasteiger partial charge in [0.2, 0.25) is 0 Å². The van der Waals surface area contributed by atoms with Gasteiger partial charge in [0.1, 0.15) is 16.9 Å². The number of fused-ring (bicyclic) bond motifs is 2. The molecule has 4 aromatic rings. The second-order valence-electron chi connectivity index (χ2n) is 9.72. The smallest absolute Gasteiger partial charge is 0.198 e. The molecule has 2 unspecified atom stereocenters. The summed E-state index contributed by atoms with van der Waals surface area (Å²) in [7, 11) is 0. The zero-order valence-electron chi connectivity index (χ0n) is 20.0. The van der Waals surface area contributed by atoms with E-state index < -0.39 is 0 Å². The molecule has 1 aromatic carbocycles. The fourth-order valence-electron chi connectivity index (χ4n) is 4.86. The van der Waals surface area contributed by atoms with Crippen LogP contribution in [0, 0.1) is 0 Å². The summed E-state index contributed by atoms with van der Waals surface area (Å²) >= 11 is 0. The van der Waals surface area contributed by atoms with E-state index in [-0.39, 0.29) is 0 Å². The third-order valence-corrected chi connectivity index (χ3v) is 7.23. The summed E-state index contributed by atoms with van der Waals surface area (Å²) < 4.78 is 5.93. The summed E-state index contributed by atoms with van der Waals surface area (Å²) in [6.45, 7) is 11.8. The van der Waals surface area contributed by atoms with Crippen molar-refractivity contribution in [1.29, 1.82) is 0 Å². The highest BCUT2D eigenvalue weighted by Gasteiger charge is 2.34. The summed E-state index contributed by atoms with van der Waals surface area (Å²) in [6.07, 6.45) is 2.87. The standard InChI is InChI=1S/C26H31N7O/c1-4-16(2)26-30-22-11-18(5-8-23(22)34-26)20-6-7-21-25(29-20)31-24(12-28-21)33-14-19(15-33)32-10-9-27-17(3)13-32/h5-8,11-12,16-17,19,27H,4,9-10,13-15H2,1-3H3. The molecule has 2 aliphatic rings. The first-order valence-corrected chi connectivity index (χ1v) is 12.3. The fraction of sp³-hybridized carbons (Fsp3) is 0.462. The Labute approximate surface area is 199 Å². The van der Waals surface area contributed by atoms with Crippen molar-refractivity contribution in [3.63, 3.8) is 0 Å². The maximum Gasteiger partial charge on any atom is 0.198 e. The number of piperazine rings is 1. The van der Waals surface area contributed by atoms with Crippen LogP contribution < -0.4 is 10.2 Å². The van der Waals surface area contributed by atoms with Crippen molar-refractivity contribution >= 4 is 28.1 Å². The van der Waals surface area contributed by atoms with Crippen LogP contribution in [0.1, 0.15) is 39.0 Å². The summed E-state index contributed by atoms with van der Waals surface area (Å²) in [5, 5.41) is 3.52. The van der Waals surface area contributed by atoms with Gasteiger partial charge in [-0.05, 0) is 43.7 Å². The number of rotatable bonds is 5. The van der Waals surface area contributed by atoms with Gasteiger partial charge in [0.15, 0.2) is 17.1 Å². The summed E-state index contributed by atoms with van der Waals surface area (Å²) in [5.74, 6) is 2.00. The molecule has 0 spiro atoms. The Hall–Kier alpha value is -3.10. The molecule has 2 fully saturated rings. The van der Waals surface area contributed by atoms with E-state index in [4.69, 9.17) is 19.4 Å². The Morgan fingerprint density at radius 2 is 1.97 bits per heavy atom. The zero-order valence-corrected chi connectivity index (χ0v) is 20.0. The van der Waals surface area contributed by atoms with Crippen molar-refractivity contribution in [3.05, 3.63) is 42.4 Å². The first-order valence-electron chi connectivity index (χ1n) is 12.3. The fourth-order valence-corrected chi connectivity index (χ4v) is 4.86. The van der Waals surface area contributed by atoms with Gasteiger partial charge in [0.25, 0.3) is 0 Å². The van der Waals surface area contributed by atoms with Crippen LogP contribution >= 0.6 is 0 Å². The molecule has 0 bridgehead atoms. The van der Waals surface area contributed by atoms with Gasteiger partial charge in [0, 0.05) is 56.3 Å². The normalized spacial score (nSPS) is 20.7. The molecule has 8 nitrogen and oxygen atoms in total. The van der Waals surface area contributed by atoms with Crippen molar-refractivity contribution in [3.8, 4) is 11.3 Å². The van der Waals surface area contributed by atoms with Crippen LogP contribution in [0.3, 0.4) is 0 Å². The predicted octanol–water partition coefficient (Wildman–Crippen LogP) is 3.83. The maximum atomic E-state index is 5.93. The molecule has 8 heteroatoms. The Morgan fingerprint density at radius 1 is 1.09 bits per heavy atom. The van der Waals surface area contributed by atoms with Crippen molar-refractivity contribution < 1.29 is 4.42 Å². The second kappa shape index (κ2) is 8.60. The molecule has 0 aliphatic carbocycles. The Bertz CT molecular complexity index is 1330. The molecule has 5 heterocycles. The number of nitrogens with one attached hydrogen (secondary N) is 1. The molecule has 0 radical (unpaired) electrons. The molecule has 176 valence electrons. The monoisotopic (exact) mass is 457 g/mol. The average Bonchev–Trinajstić information content (AvgIpc) is 3.26. The summed E-state index contributed by atoms with van der Waals surface area (Å²) in [4.78, 5) is 23.9. The molecule has 3 aromatic heterocycles. The van der Waals surface area contributed by atoms with Gasteiger partial charge in [-0.25, -0.2) is 19.9 Å². The molecule has 0 saturated carbocycles.